The lowest BCUT2D eigenvalue weighted by molar-refractivity contribution is -0.128. The van der Waals surface area contributed by atoms with E-state index in [0.717, 1.165) is 0 Å². The average Bonchev–Trinajstić information content (AvgIpc) is 2.97. The van der Waals surface area contributed by atoms with Crippen molar-refractivity contribution < 1.29 is 9.18 Å². The van der Waals surface area contributed by atoms with E-state index in [1.54, 1.807) is 29.2 Å². The second-order valence-corrected chi connectivity index (χ2v) is 12.0. The molecule has 9 nitrogen and oxygen atoms in total. The highest BCUT2D eigenvalue weighted by molar-refractivity contribution is 6.33. The Labute approximate surface area is 262 Å². The fourth-order valence-corrected chi connectivity index (χ4v) is 5.95. The molecule has 0 bridgehead atoms. The Kier molecular flexibility index (Phi) is 9.53. The van der Waals surface area contributed by atoms with Gasteiger partial charge in [0, 0.05) is 30.7 Å². The number of hydrogen-bond acceptors (Lipinski definition) is 7. The van der Waals surface area contributed by atoms with Crippen molar-refractivity contribution in [2.24, 2.45) is 0 Å². The Hall–Kier alpha value is -4.18. The van der Waals surface area contributed by atoms with Crippen molar-refractivity contribution in [1.82, 2.24) is 29.4 Å². The molecule has 0 unspecified atom stereocenters. The van der Waals surface area contributed by atoms with Crippen molar-refractivity contribution >= 4 is 34.4 Å². The van der Waals surface area contributed by atoms with Gasteiger partial charge in [0.15, 0.2) is 5.65 Å². The third-order valence-corrected chi connectivity index (χ3v) is 8.13. The number of amides is 1. The van der Waals surface area contributed by atoms with Crippen LogP contribution < -0.4 is 10.6 Å². The van der Waals surface area contributed by atoms with Gasteiger partial charge < -0.3 is 9.80 Å². The van der Waals surface area contributed by atoms with E-state index < -0.39 is 11.5 Å². The summed E-state index contributed by atoms with van der Waals surface area (Å²) in [6.45, 7) is 16.3. The number of carbonyl (C=O) groups is 1. The van der Waals surface area contributed by atoms with E-state index in [4.69, 9.17) is 16.6 Å². The van der Waals surface area contributed by atoms with E-state index in [-0.39, 0.29) is 59.2 Å². The van der Waals surface area contributed by atoms with Crippen LogP contribution in [-0.4, -0.2) is 60.5 Å². The highest BCUT2D eigenvalue weighted by atomic mass is 35.5. The molecular weight excluding hydrogens is 581 g/mol. The molecule has 1 fully saturated rings. The molecule has 1 aliphatic rings. The number of pyridine rings is 1. The molecule has 0 aliphatic carbocycles. The first-order chi connectivity index (χ1) is 20.4. The summed E-state index contributed by atoms with van der Waals surface area (Å²) in [7, 11) is 0. The fourth-order valence-electron chi connectivity index (χ4n) is 5.70. The number of fused-ring (bicyclic) bond motifs is 1. The second-order valence-electron chi connectivity index (χ2n) is 11.6. The molecule has 232 valence electrons. The van der Waals surface area contributed by atoms with E-state index >= 15 is 4.39 Å². The monoisotopic (exact) mass is 619 g/mol. The number of anilines is 1. The van der Waals surface area contributed by atoms with Crippen LogP contribution in [0.3, 0.4) is 0 Å². The third kappa shape index (κ3) is 5.70. The number of piperazine rings is 1. The van der Waals surface area contributed by atoms with Crippen LogP contribution >= 0.6 is 11.6 Å². The van der Waals surface area contributed by atoms with Gasteiger partial charge in [-0.25, -0.2) is 28.7 Å². The van der Waals surface area contributed by atoms with Gasteiger partial charge in [-0.15, -0.1) is 0 Å². The lowest BCUT2D eigenvalue weighted by Crippen LogP contribution is -2.58. The Morgan fingerprint density at radius 1 is 1.05 bits per heavy atom. The van der Waals surface area contributed by atoms with E-state index in [9.17, 15) is 9.59 Å². The van der Waals surface area contributed by atoms with Crippen molar-refractivity contribution in [2.75, 3.05) is 18.0 Å². The molecule has 0 spiro atoms. The van der Waals surface area contributed by atoms with Crippen molar-refractivity contribution in [2.45, 2.75) is 72.9 Å². The minimum absolute atomic E-state index is 0. The zero-order chi connectivity index (χ0) is 31.2. The molecule has 4 aromatic rings. The van der Waals surface area contributed by atoms with Gasteiger partial charge >= 0.3 is 5.69 Å². The zero-order valence-electron chi connectivity index (χ0n) is 25.2. The molecule has 1 aliphatic heterocycles. The molecule has 1 saturated heterocycles. The second kappa shape index (κ2) is 12.8. The minimum Gasteiger partial charge on any atom is -0.349 e. The fraction of sp³-hybridized carbons (Fsp3) is 0.394. The van der Waals surface area contributed by atoms with E-state index in [1.807, 2.05) is 46.4 Å². The summed E-state index contributed by atoms with van der Waals surface area (Å²) >= 11 is 6.82. The summed E-state index contributed by atoms with van der Waals surface area (Å²) in [6, 6.07) is 7.57. The molecule has 4 heterocycles. The van der Waals surface area contributed by atoms with Crippen LogP contribution in [0.1, 0.15) is 72.2 Å². The topological polar surface area (TPSA) is 97.1 Å². The largest absolute Gasteiger partial charge is 0.355 e. The van der Waals surface area contributed by atoms with Crippen LogP contribution in [0.15, 0.2) is 54.1 Å². The predicted molar refractivity (Wildman–Crippen MR) is 174 cm³/mol. The number of carbonyl (C=O) groups excluding carboxylic acids is 1. The maximum absolute atomic E-state index is 15.0. The number of halogens is 2. The Bertz CT molecular complexity index is 1760. The first-order valence-corrected chi connectivity index (χ1v) is 14.7. The molecule has 0 saturated carbocycles. The number of rotatable bonds is 6. The first kappa shape index (κ1) is 32.7. The van der Waals surface area contributed by atoms with E-state index in [0.29, 0.717) is 41.4 Å². The lowest BCUT2D eigenvalue weighted by atomic mass is 10.0. The molecule has 1 aromatic carbocycles. The van der Waals surface area contributed by atoms with Gasteiger partial charge in [-0.1, -0.05) is 65.4 Å². The van der Waals surface area contributed by atoms with Crippen LogP contribution in [0, 0.1) is 5.82 Å². The van der Waals surface area contributed by atoms with E-state index in [1.165, 1.54) is 23.0 Å². The molecule has 11 heteroatoms. The third-order valence-electron chi connectivity index (χ3n) is 7.84. The smallest absolute Gasteiger partial charge is 0.349 e. The van der Waals surface area contributed by atoms with E-state index in [2.05, 4.69) is 21.5 Å². The van der Waals surface area contributed by atoms with Crippen LogP contribution in [0.25, 0.3) is 28.0 Å². The summed E-state index contributed by atoms with van der Waals surface area (Å²) in [5.74, 6) is -0.347. The maximum atomic E-state index is 15.0. The molecule has 2 atom stereocenters. The summed E-state index contributed by atoms with van der Waals surface area (Å²) in [5.41, 5.74) is 1.95. The maximum Gasteiger partial charge on any atom is 0.355 e. The summed E-state index contributed by atoms with van der Waals surface area (Å²) < 4.78 is 16.5. The molecular formula is C33H39ClFN7O2. The van der Waals surface area contributed by atoms with Gasteiger partial charge in [0.1, 0.15) is 18.0 Å². The summed E-state index contributed by atoms with van der Waals surface area (Å²) in [6.07, 6.45) is 2.81. The molecule has 44 heavy (non-hydrogen) atoms. The molecule has 0 N–H and O–H groups in total. The van der Waals surface area contributed by atoms with Gasteiger partial charge in [0.2, 0.25) is 5.91 Å². The predicted octanol–water partition coefficient (Wildman–Crippen LogP) is 6.52. The molecule has 0 radical (unpaired) electrons. The Morgan fingerprint density at radius 3 is 2.27 bits per heavy atom. The van der Waals surface area contributed by atoms with Crippen LogP contribution in [-0.2, 0) is 4.79 Å². The Balaban J connectivity index is 0.00000442. The van der Waals surface area contributed by atoms with Gasteiger partial charge in [0.05, 0.1) is 33.2 Å². The molecule has 3 aromatic heterocycles. The molecule has 1 amide bonds. The van der Waals surface area contributed by atoms with Gasteiger partial charge in [-0.3, -0.25) is 4.79 Å². The number of nitrogens with zero attached hydrogens (tertiary/aromatic N) is 7. The van der Waals surface area contributed by atoms with Gasteiger partial charge in [-0.2, -0.15) is 4.98 Å². The first-order valence-electron chi connectivity index (χ1n) is 14.4. The van der Waals surface area contributed by atoms with Crippen LogP contribution in [0.2, 0.25) is 5.02 Å². The summed E-state index contributed by atoms with van der Waals surface area (Å²) in [5, 5.41) is 0.727. The van der Waals surface area contributed by atoms with Crippen molar-refractivity contribution in [1.29, 1.82) is 0 Å². The average molecular weight is 620 g/mol. The van der Waals surface area contributed by atoms with Crippen molar-refractivity contribution in [3.63, 3.8) is 0 Å². The van der Waals surface area contributed by atoms with Crippen LogP contribution in [0.4, 0.5) is 10.2 Å². The van der Waals surface area contributed by atoms with Crippen molar-refractivity contribution in [3.8, 4) is 16.9 Å². The normalized spacial score (nSPS) is 16.9. The van der Waals surface area contributed by atoms with Crippen LogP contribution in [0.5, 0.6) is 0 Å². The SMILES string of the molecule is C.C=CC(=O)N1C[C@H](C)N(c2nc(=O)n(-c3c(C(C)C)ncnc3C(C)C)c3nc(-c4ccccc4F)c(Cl)cc23)C[C@H]1C. The van der Waals surface area contributed by atoms with Crippen molar-refractivity contribution in [3.05, 3.63) is 82.0 Å². The van der Waals surface area contributed by atoms with Gasteiger partial charge in [-0.05, 0) is 50.0 Å². The van der Waals surface area contributed by atoms with Gasteiger partial charge in [0.25, 0.3) is 0 Å². The standard InChI is InChI=1S/C32H35ClFN7O2.CH4/c1-8-25(42)39-14-20(7)40(15-19(39)6)30-22-13-23(33)28(21-11-9-10-12-24(21)34)37-31(22)41(32(43)38-30)29-26(17(2)3)35-16-36-27(29)18(4)5;/h8-13,16-20H,1,14-15H2,2-7H3;1H4/t19-,20+;/m1./s1. The number of aromatic nitrogens is 5. The summed E-state index contributed by atoms with van der Waals surface area (Å²) in [4.78, 5) is 49.1. The minimum atomic E-state index is -0.570. The highest BCUT2D eigenvalue weighted by Gasteiger charge is 2.34. The lowest BCUT2D eigenvalue weighted by Gasteiger charge is -2.44. The number of hydrogen-bond donors (Lipinski definition) is 0. The Morgan fingerprint density at radius 2 is 1.68 bits per heavy atom. The number of benzene rings is 1. The zero-order valence-corrected chi connectivity index (χ0v) is 25.9. The molecule has 5 rings (SSSR count). The quantitative estimate of drug-likeness (QED) is 0.227. The highest BCUT2D eigenvalue weighted by Crippen LogP contribution is 2.37.